The van der Waals surface area contributed by atoms with E-state index in [1.165, 1.54) is 0 Å². The molecule has 0 amide bonds. The molecule has 0 atom stereocenters. The normalized spacial score (nSPS) is 11.2. The van der Waals surface area contributed by atoms with E-state index in [1.54, 1.807) is 10.9 Å². The van der Waals surface area contributed by atoms with Crippen LogP contribution in [0.25, 0.3) is 22.0 Å². The number of aryl methyl sites for hydroxylation is 1. The molecule has 6 heteroatoms. The van der Waals surface area contributed by atoms with Crippen LogP contribution in [0.3, 0.4) is 0 Å². The summed E-state index contributed by atoms with van der Waals surface area (Å²) in [6.07, 6.45) is 1.58. The molecule has 0 aliphatic carbocycles. The number of rotatable bonds is 1. The zero-order valence-electron chi connectivity index (χ0n) is 9.01. The molecule has 2 heterocycles. The van der Waals surface area contributed by atoms with Crippen molar-refractivity contribution in [2.24, 2.45) is 7.05 Å². The van der Waals surface area contributed by atoms with Crippen molar-refractivity contribution >= 4 is 28.4 Å². The lowest BCUT2D eigenvalue weighted by molar-refractivity contribution is 0.436. The molecule has 0 saturated carbocycles. The van der Waals surface area contributed by atoms with Gasteiger partial charge in [0, 0.05) is 12.4 Å². The second-order valence-electron chi connectivity index (χ2n) is 3.75. The Morgan fingerprint density at radius 2 is 2.24 bits per heavy atom. The third-order valence-corrected chi connectivity index (χ3v) is 2.99. The highest BCUT2D eigenvalue weighted by atomic mass is 35.5. The molecule has 0 aliphatic heterocycles. The minimum atomic E-state index is 0.296. The van der Waals surface area contributed by atoms with Crippen molar-refractivity contribution in [3.63, 3.8) is 0 Å². The Labute approximate surface area is 102 Å². The molecule has 3 aromatic rings. The first-order chi connectivity index (χ1) is 8.16. The molecule has 2 aromatic heterocycles. The standard InChI is InChI=1S/C11H9ClN4O/c1-16-9-3-2-6(4-7(9)10(12)15-16)8-5-14-17-11(8)13/h2-5H,13H2,1H3. The second kappa shape index (κ2) is 3.49. The van der Waals surface area contributed by atoms with E-state index in [1.807, 2.05) is 25.2 Å². The van der Waals surface area contributed by atoms with Crippen LogP contribution < -0.4 is 5.73 Å². The first kappa shape index (κ1) is 10.2. The van der Waals surface area contributed by atoms with Crippen LogP contribution in [0.4, 0.5) is 5.88 Å². The van der Waals surface area contributed by atoms with Crippen LogP contribution in [-0.2, 0) is 7.05 Å². The Balaban J connectivity index is 2.27. The fourth-order valence-corrected chi connectivity index (χ4v) is 2.12. The van der Waals surface area contributed by atoms with Crippen molar-refractivity contribution in [3.05, 3.63) is 29.5 Å². The number of hydrogen-bond acceptors (Lipinski definition) is 4. The van der Waals surface area contributed by atoms with Gasteiger partial charge < -0.3 is 10.3 Å². The van der Waals surface area contributed by atoms with Gasteiger partial charge in [-0.15, -0.1) is 0 Å². The number of nitrogen functional groups attached to an aromatic ring is 1. The van der Waals surface area contributed by atoms with E-state index in [9.17, 15) is 0 Å². The topological polar surface area (TPSA) is 69.9 Å². The molecular formula is C11H9ClN4O. The monoisotopic (exact) mass is 248 g/mol. The molecule has 5 nitrogen and oxygen atoms in total. The molecule has 0 aliphatic rings. The number of halogens is 1. The van der Waals surface area contributed by atoms with E-state index in [-0.39, 0.29) is 0 Å². The minimum absolute atomic E-state index is 0.296. The van der Waals surface area contributed by atoms with Gasteiger partial charge in [-0.1, -0.05) is 22.8 Å². The summed E-state index contributed by atoms with van der Waals surface area (Å²) in [4.78, 5) is 0. The van der Waals surface area contributed by atoms with E-state index in [0.29, 0.717) is 11.0 Å². The summed E-state index contributed by atoms with van der Waals surface area (Å²) < 4.78 is 6.57. The quantitative estimate of drug-likeness (QED) is 0.718. The number of nitrogens with two attached hydrogens (primary N) is 1. The predicted molar refractivity (Wildman–Crippen MR) is 65.6 cm³/mol. The molecule has 17 heavy (non-hydrogen) atoms. The van der Waals surface area contributed by atoms with Crippen molar-refractivity contribution in [2.45, 2.75) is 0 Å². The first-order valence-electron chi connectivity index (χ1n) is 4.99. The van der Waals surface area contributed by atoms with Crippen molar-refractivity contribution in [1.29, 1.82) is 0 Å². The summed E-state index contributed by atoms with van der Waals surface area (Å²) in [6, 6.07) is 5.80. The van der Waals surface area contributed by atoms with Crippen LogP contribution in [0.1, 0.15) is 0 Å². The molecule has 0 spiro atoms. The number of benzene rings is 1. The van der Waals surface area contributed by atoms with Gasteiger partial charge in [0.05, 0.1) is 17.3 Å². The number of fused-ring (bicyclic) bond motifs is 1. The molecule has 86 valence electrons. The van der Waals surface area contributed by atoms with Crippen molar-refractivity contribution < 1.29 is 4.52 Å². The predicted octanol–water partition coefficient (Wildman–Crippen LogP) is 2.46. The molecule has 0 fully saturated rings. The second-order valence-corrected chi connectivity index (χ2v) is 4.11. The Bertz CT molecular complexity index is 701. The summed E-state index contributed by atoms with van der Waals surface area (Å²) in [7, 11) is 1.85. The lowest BCUT2D eigenvalue weighted by Gasteiger charge is -1.99. The summed E-state index contributed by atoms with van der Waals surface area (Å²) >= 11 is 6.05. The van der Waals surface area contributed by atoms with Crippen LogP contribution in [0.15, 0.2) is 28.9 Å². The maximum atomic E-state index is 6.05. The van der Waals surface area contributed by atoms with Gasteiger partial charge in [-0.25, -0.2) is 0 Å². The van der Waals surface area contributed by atoms with E-state index >= 15 is 0 Å². The summed E-state index contributed by atoms with van der Waals surface area (Å²) in [5.74, 6) is 0.296. The zero-order chi connectivity index (χ0) is 12.0. The van der Waals surface area contributed by atoms with Gasteiger partial charge in [0.2, 0.25) is 5.88 Å². The van der Waals surface area contributed by atoms with E-state index < -0.39 is 0 Å². The van der Waals surface area contributed by atoms with Gasteiger partial charge in [-0.3, -0.25) is 4.68 Å². The lowest BCUT2D eigenvalue weighted by Crippen LogP contribution is -1.89. The minimum Gasteiger partial charge on any atom is -0.367 e. The third kappa shape index (κ3) is 1.47. The average Bonchev–Trinajstić information content (AvgIpc) is 2.84. The Morgan fingerprint density at radius 3 is 2.94 bits per heavy atom. The molecule has 0 saturated heterocycles. The van der Waals surface area contributed by atoms with Crippen molar-refractivity contribution in [2.75, 3.05) is 5.73 Å². The van der Waals surface area contributed by atoms with E-state index in [4.69, 9.17) is 21.9 Å². The van der Waals surface area contributed by atoms with Crippen LogP contribution in [0.5, 0.6) is 0 Å². The molecule has 3 rings (SSSR count). The third-order valence-electron chi connectivity index (χ3n) is 2.71. The first-order valence-corrected chi connectivity index (χ1v) is 5.37. The van der Waals surface area contributed by atoms with Gasteiger partial charge in [0.1, 0.15) is 0 Å². The molecule has 1 aromatic carbocycles. The van der Waals surface area contributed by atoms with Crippen LogP contribution >= 0.6 is 11.6 Å². The van der Waals surface area contributed by atoms with E-state index in [0.717, 1.165) is 22.0 Å². The summed E-state index contributed by atoms with van der Waals surface area (Å²) in [6.45, 7) is 0. The van der Waals surface area contributed by atoms with Crippen LogP contribution in [0, 0.1) is 0 Å². The largest absolute Gasteiger partial charge is 0.367 e. The number of hydrogen-bond donors (Lipinski definition) is 1. The Morgan fingerprint density at radius 1 is 1.41 bits per heavy atom. The van der Waals surface area contributed by atoms with Crippen molar-refractivity contribution in [3.8, 4) is 11.1 Å². The van der Waals surface area contributed by atoms with Gasteiger partial charge in [0.15, 0.2) is 5.15 Å². The molecule has 0 unspecified atom stereocenters. The average molecular weight is 249 g/mol. The highest BCUT2D eigenvalue weighted by molar-refractivity contribution is 6.34. The molecule has 0 bridgehead atoms. The van der Waals surface area contributed by atoms with Crippen LogP contribution in [0.2, 0.25) is 5.15 Å². The summed E-state index contributed by atoms with van der Waals surface area (Å²) in [5.41, 5.74) is 8.31. The zero-order valence-corrected chi connectivity index (χ0v) is 9.77. The van der Waals surface area contributed by atoms with Gasteiger partial charge in [-0.2, -0.15) is 5.10 Å². The molecular weight excluding hydrogens is 240 g/mol. The van der Waals surface area contributed by atoms with Gasteiger partial charge >= 0.3 is 0 Å². The van der Waals surface area contributed by atoms with Gasteiger partial charge in [0.25, 0.3) is 0 Å². The van der Waals surface area contributed by atoms with Crippen LogP contribution in [-0.4, -0.2) is 14.9 Å². The Kier molecular flexibility index (Phi) is 2.09. The number of anilines is 1. The SMILES string of the molecule is Cn1nc(Cl)c2cc(-c3cnoc3N)ccc21. The lowest BCUT2D eigenvalue weighted by atomic mass is 10.1. The highest BCUT2D eigenvalue weighted by Crippen LogP contribution is 2.30. The summed E-state index contributed by atoms with van der Waals surface area (Å²) in [5, 5.41) is 9.15. The number of aromatic nitrogens is 3. The van der Waals surface area contributed by atoms with Gasteiger partial charge in [-0.05, 0) is 17.7 Å². The smallest absolute Gasteiger partial charge is 0.229 e. The Hall–Kier alpha value is -2.01. The highest BCUT2D eigenvalue weighted by Gasteiger charge is 2.11. The molecule has 2 N–H and O–H groups in total. The maximum Gasteiger partial charge on any atom is 0.229 e. The molecule has 0 radical (unpaired) electrons. The van der Waals surface area contributed by atoms with Crippen molar-refractivity contribution in [1.82, 2.24) is 14.9 Å². The number of nitrogens with zero attached hydrogens (tertiary/aromatic N) is 3. The maximum absolute atomic E-state index is 6.05. The fourth-order valence-electron chi connectivity index (χ4n) is 1.86. The van der Waals surface area contributed by atoms with E-state index in [2.05, 4.69) is 10.3 Å². The fraction of sp³-hybridized carbons (Fsp3) is 0.0909.